The smallest absolute Gasteiger partial charge is 0.326 e. The molecule has 1 atom stereocenters. The molecular weight excluding hydrogens is 272 g/mol. The lowest BCUT2D eigenvalue weighted by Gasteiger charge is -2.14. The van der Waals surface area contributed by atoms with Crippen LogP contribution in [0.3, 0.4) is 0 Å². The third-order valence-corrected chi connectivity index (χ3v) is 2.95. The highest BCUT2D eigenvalue weighted by Crippen LogP contribution is 2.20. The van der Waals surface area contributed by atoms with Crippen molar-refractivity contribution >= 4 is 29.4 Å². The van der Waals surface area contributed by atoms with E-state index in [1.807, 2.05) is 0 Å². The highest BCUT2D eigenvalue weighted by atomic mass is 35.5. The number of nitrogens with two attached hydrogens (primary N) is 1. The lowest BCUT2D eigenvalue weighted by Crippen LogP contribution is -2.43. The maximum atomic E-state index is 11.9. The summed E-state index contributed by atoms with van der Waals surface area (Å²) in [6, 6.07) is 3.44. The molecule has 0 saturated heterocycles. The summed E-state index contributed by atoms with van der Waals surface area (Å²) in [5.41, 5.74) is 5.76. The molecule has 0 radical (unpaired) electrons. The quantitative estimate of drug-likeness (QED) is 0.739. The van der Waals surface area contributed by atoms with Gasteiger partial charge in [0.15, 0.2) is 0 Å². The van der Waals surface area contributed by atoms with Gasteiger partial charge in [-0.2, -0.15) is 0 Å². The van der Waals surface area contributed by atoms with E-state index in [9.17, 15) is 14.4 Å². The van der Waals surface area contributed by atoms with Gasteiger partial charge in [0, 0.05) is 0 Å². The van der Waals surface area contributed by atoms with E-state index in [-0.39, 0.29) is 10.6 Å². The van der Waals surface area contributed by atoms with Crippen molar-refractivity contribution < 1.29 is 19.5 Å². The second kappa shape index (κ2) is 6.19. The van der Waals surface area contributed by atoms with Gasteiger partial charge in [0.25, 0.3) is 5.91 Å². The molecule has 0 aliphatic carbocycles. The number of amides is 2. The molecule has 0 heterocycles. The molecule has 0 saturated carbocycles. The van der Waals surface area contributed by atoms with Gasteiger partial charge in [0.1, 0.15) is 6.04 Å². The molecule has 7 heteroatoms. The molecule has 0 bridgehead atoms. The summed E-state index contributed by atoms with van der Waals surface area (Å²) >= 11 is 5.96. The first-order valence-corrected chi connectivity index (χ1v) is 5.77. The van der Waals surface area contributed by atoms with Crippen LogP contribution in [0.4, 0.5) is 0 Å². The van der Waals surface area contributed by atoms with Crippen LogP contribution in [0.5, 0.6) is 0 Å². The van der Waals surface area contributed by atoms with E-state index in [0.29, 0.717) is 5.56 Å². The SMILES string of the molecule is Cc1cccc(C(=O)N[C@H](CC(N)=O)C(=O)O)c1Cl. The predicted molar refractivity (Wildman–Crippen MR) is 68.9 cm³/mol. The summed E-state index contributed by atoms with van der Waals surface area (Å²) in [6.07, 6.45) is -0.482. The number of primary amides is 1. The second-order valence-electron chi connectivity index (χ2n) is 3.97. The van der Waals surface area contributed by atoms with Crippen LogP contribution in [0.2, 0.25) is 5.02 Å². The minimum atomic E-state index is -1.37. The standard InChI is InChI=1S/C12H13ClN2O4/c1-6-3-2-4-7(10(6)13)11(17)15-8(12(18)19)5-9(14)16/h2-4,8H,5H2,1H3,(H2,14,16)(H,15,17)(H,18,19)/t8-/m1/s1. The van der Waals surface area contributed by atoms with Crippen molar-refractivity contribution in [2.75, 3.05) is 0 Å². The number of carbonyl (C=O) groups excluding carboxylic acids is 2. The lowest BCUT2D eigenvalue weighted by molar-refractivity contribution is -0.140. The molecule has 6 nitrogen and oxygen atoms in total. The van der Waals surface area contributed by atoms with Gasteiger partial charge >= 0.3 is 5.97 Å². The molecule has 0 unspecified atom stereocenters. The van der Waals surface area contributed by atoms with Crippen LogP contribution in [0.25, 0.3) is 0 Å². The Morgan fingerprint density at radius 1 is 1.42 bits per heavy atom. The topological polar surface area (TPSA) is 109 Å². The number of hydrogen-bond acceptors (Lipinski definition) is 3. The zero-order valence-electron chi connectivity index (χ0n) is 10.1. The van der Waals surface area contributed by atoms with Gasteiger partial charge in [0.05, 0.1) is 17.0 Å². The summed E-state index contributed by atoms with van der Waals surface area (Å²) in [5, 5.41) is 11.3. The maximum absolute atomic E-state index is 11.9. The van der Waals surface area contributed by atoms with E-state index < -0.39 is 30.2 Å². The minimum Gasteiger partial charge on any atom is -0.480 e. The van der Waals surface area contributed by atoms with Crippen molar-refractivity contribution in [2.24, 2.45) is 5.73 Å². The number of rotatable bonds is 5. The third kappa shape index (κ3) is 3.96. The Kier molecular flexibility index (Phi) is 4.88. The van der Waals surface area contributed by atoms with Crippen molar-refractivity contribution in [3.8, 4) is 0 Å². The molecule has 0 aliphatic rings. The van der Waals surface area contributed by atoms with Gasteiger partial charge < -0.3 is 16.2 Å². The van der Waals surface area contributed by atoms with E-state index in [4.69, 9.17) is 22.4 Å². The molecule has 2 amide bonds. The van der Waals surface area contributed by atoms with Gasteiger partial charge in [0.2, 0.25) is 5.91 Å². The molecular formula is C12H13ClN2O4. The summed E-state index contributed by atoms with van der Waals surface area (Å²) in [6.45, 7) is 1.72. The molecule has 0 aliphatic heterocycles. The van der Waals surface area contributed by atoms with Crippen molar-refractivity contribution in [1.29, 1.82) is 0 Å². The van der Waals surface area contributed by atoms with E-state index >= 15 is 0 Å². The first-order valence-electron chi connectivity index (χ1n) is 5.40. The van der Waals surface area contributed by atoms with Gasteiger partial charge in [-0.1, -0.05) is 23.7 Å². The van der Waals surface area contributed by atoms with Crippen LogP contribution in [0.15, 0.2) is 18.2 Å². The monoisotopic (exact) mass is 284 g/mol. The number of aryl methyl sites for hydroxylation is 1. The molecule has 4 N–H and O–H groups in total. The van der Waals surface area contributed by atoms with Gasteiger partial charge in [-0.15, -0.1) is 0 Å². The number of carboxylic acids is 1. The van der Waals surface area contributed by atoms with Crippen LogP contribution < -0.4 is 11.1 Å². The van der Waals surface area contributed by atoms with Crippen LogP contribution in [-0.2, 0) is 9.59 Å². The predicted octanol–water partition coefficient (Wildman–Crippen LogP) is 0.707. The van der Waals surface area contributed by atoms with Crippen molar-refractivity contribution in [1.82, 2.24) is 5.32 Å². The van der Waals surface area contributed by atoms with Crippen LogP contribution in [-0.4, -0.2) is 28.9 Å². The molecule has 0 aromatic heterocycles. The van der Waals surface area contributed by atoms with Crippen LogP contribution in [0, 0.1) is 6.92 Å². The number of halogens is 1. The number of carbonyl (C=O) groups is 3. The molecule has 102 valence electrons. The third-order valence-electron chi connectivity index (χ3n) is 2.45. The second-order valence-corrected chi connectivity index (χ2v) is 4.35. The number of carboxylic acid groups (broad SMARTS) is 1. The van der Waals surface area contributed by atoms with Crippen molar-refractivity contribution in [3.63, 3.8) is 0 Å². The Morgan fingerprint density at radius 3 is 2.58 bits per heavy atom. The van der Waals surface area contributed by atoms with E-state index in [1.165, 1.54) is 6.07 Å². The largest absolute Gasteiger partial charge is 0.480 e. The lowest BCUT2D eigenvalue weighted by atomic mass is 10.1. The summed E-state index contributed by atoms with van der Waals surface area (Å²) in [4.78, 5) is 33.5. The zero-order valence-corrected chi connectivity index (χ0v) is 10.9. The van der Waals surface area contributed by atoms with Gasteiger partial charge in [-0.3, -0.25) is 9.59 Å². The van der Waals surface area contributed by atoms with Crippen molar-refractivity contribution in [2.45, 2.75) is 19.4 Å². The highest BCUT2D eigenvalue weighted by Gasteiger charge is 2.23. The number of hydrogen-bond donors (Lipinski definition) is 3. The van der Waals surface area contributed by atoms with E-state index in [1.54, 1.807) is 19.1 Å². The summed E-state index contributed by atoms with van der Waals surface area (Å²) < 4.78 is 0. The first-order chi connectivity index (χ1) is 8.82. The zero-order chi connectivity index (χ0) is 14.6. The van der Waals surface area contributed by atoms with Crippen LogP contribution >= 0.6 is 11.6 Å². The van der Waals surface area contributed by atoms with E-state index in [2.05, 4.69) is 5.32 Å². The average molecular weight is 285 g/mol. The average Bonchev–Trinajstić information content (AvgIpc) is 2.31. The fourth-order valence-electron chi connectivity index (χ4n) is 1.46. The molecule has 19 heavy (non-hydrogen) atoms. The minimum absolute atomic E-state index is 0.150. The molecule has 1 rings (SSSR count). The Balaban J connectivity index is 2.91. The maximum Gasteiger partial charge on any atom is 0.326 e. The number of benzene rings is 1. The highest BCUT2D eigenvalue weighted by molar-refractivity contribution is 6.34. The fraction of sp³-hybridized carbons (Fsp3) is 0.250. The Bertz CT molecular complexity index is 530. The molecule has 0 fully saturated rings. The van der Waals surface area contributed by atoms with Crippen molar-refractivity contribution in [3.05, 3.63) is 34.3 Å². The molecule has 1 aromatic rings. The Hall–Kier alpha value is -2.08. The van der Waals surface area contributed by atoms with Gasteiger partial charge in [-0.05, 0) is 18.6 Å². The Labute approximate surface area is 114 Å². The van der Waals surface area contributed by atoms with Gasteiger partial charge in [-0.25, -0.2) is 4.79 Å². The van der Waals surface area contributed by atoms with Crippen LogP contribution in [0.1, 0.15) is 22.3 Å². The summed E-state index contributed by atoms with van der Waals surface area (Å²) in [5.74, 6) is -2.82. The van der Waals surface area contributed by atoms with E-state index in [0.717, 1.165) is 0 Å². The Morgan fingerprint density at radius 2 is 2.05 bits per heavy atom. The first kappa shape index (κ1) is 15.0. The number of aliphatic carboxylic acids is 1. The normalized spacial score (nSPS) is 11.7. The number of nitrogens with one attached hydrogen (secondary N) is 1. The fourth-order valence-corrected chi connectivity index (χ4v) is 1.67. The summed E-state index contributed by atoms with van der Waals surface area (Å²) in [7, 11) is 0. The molecule has 0 spiro atoms. The molecule has 1 aromatic carbocycles.